The summed E-state index contributed by atoms with van der Waals surface area (Å²) in [5.41, 5.74) is 2.56. The van der Waals surface area contributed by atoms with E-state index in [9.17, 15) is 5.26 Å². The minimum Gasteiger partial charge on any atom is -0.490 e. The molecule has 0 radical (unpaired) electrons. The summed E-state index contributed by atoms with van der Waals surface area (Å²) in [6, 6.07) is 22.3. The summed E-state index contributed by atoms with van der Waals surface area (Å²) in [5.74, 6) is 0.772. The van der Waals surface area contributed by atoms with Crippen molar-refractivity contribution in [1.29, 1.82) is 5.26 Å². The van der Waals surface area contributed by atoms with E-state index in [1.165, 1.54) is 5.56 Å². The number of para-hydroxylation sites is 1. The monoisotopic (exact) mass is 343 g/mol. The van der Waals surface area contributed by atoms with E-state index >= 15 is 0 Å². The van der Waals surface area contributed by atoms with Gasteiger partial charge < -0.3 is 4.74 Å². The van der Waals surface area contributed by atoms with Gasteiger partial charge in [0.2, 0.25) is 0 Å². The van der Waals surface area contributed by atoms with Gasteiger partial charge in [0.15, 0.2) is 0 Å². The molecule has 2 aromatic carbocycles. The normalized spacial score (nSPS) is 15.7. The third kappa shape index (κ3) is 3.68. The lowest BCUT2D eigenvalue weighted by Crippen LogP contribution is -2.37. The van der Waals surface area contributed by atoms with Crippen LogP contribution in [0.25, 0.3) is 10.9 Å². The average molecular weight is 343 g/mol. The van der Waals surface area contributed by atoms with Crippen molar-refractivity contribution in [2.24, 2.45) is 0 Å². The number of aromatic nitrogens is 1. The Morgan fingerprint density at radius 2 is 1.77 bits per heavy atom. The fourth-order valence-electron chi connectivity index (χ4n) is 3.50. The molecule has 4 heteroatoms. The molecule has 26 heavy (non-hydrogen) atoms. The topological polar surface area (TPSA) is 49.1 Å². The molecule has 0 bridgehead atoms. The maximum Gasteiger partial charge on any atom is 0.144 e. The van der Waals surface area contributed by atoms with E-state index in [4.69, 9.17) is 4.74 Å². The van der Waals surface area contributed by atoms with Crippen LogP contribution in [0.1, 0.15) is 24.1 Å². The van der Waals surface area contributed by atoms with Crippen LogP contribution < -0.4 is 4.74 Å². The molecule has 0 aliphatic carbocycles. The number of pyridine rings is 1. The van der Waals surface area contributed by atoms with Crippen LogP contribution in [0, 0.1) is 11.3 Å². The highest BCUT2D eigenvalue weighted by Gasteiger charge is 2.21. The summed E-state index contributed by atoms with van der Waals surface area (Å²) in [7, 11) is 0. The number of piperidine rings is 1. The number of likely N-dealkylation sites (tertiary alicyclic amines) is 1. The van der Waals surface area contributed by atoms with Crippen LogP contribution >= 0.6 is 0 Å². The molecule has 1 aromatic heterocycles. The van der Waals surface area contributed by atoms with Crippen LogP contribution in [0.5, 0.6) is 5.75 Å². The van der Waals surface area contributed by atoms with Gasteiger partial charge >= 0.3 is 0 Å². The van der Waals surface area contributed by atoms with Crippen LogP contribution in [-0.4, -0.2) is 29.1 Å². The van der Waals surface area contributed by atoms with Crippen molar-refractivity contribution in [2.45, 2.75) is 25.5 Å². The van der Waals surface area contributed by atoms with Crippen molar-refractivity contribution in [3.8, 4) is 11.8 Å². The quantitative estimate of drug-likeness (QED) is 0.714. The first-order valence-electron chi connectivity index (χ1n) is 9.04. The number of benzene rings is 2. The number of hydrogen-bond acceptors (Lipinski definition) is 4. The third-order valence-electron chi connectivity index (χ3n) is 4.87. The highest BCUT2D eigenvalue weighted by molar-refractivity contribution is 5.85. The molecule has 0 unspecified atom stereocenters. The van der Waals surface area contributed by atoms with Crippen LogP contribution in [0.2, 0.25) is 0 Å². The molecule has 2 heterocycles. The predicted molar refractivity (Wildman–Crippen MR) is 102 cm³/mol. The molecule has 0 atom stereocenters. The Morgan fingerprint density at radius 1 is 1.04 bits per heavy atom. The molecule has 4 rings (SSSR count). The Kier molecular flexibility index (Phi) is 4.81. The zero-order valence-electron chi connectivity index (χ0n) is 14.6. The third-order valence-corrected chi connectivity index (χ3v) is 4.87. The van der Waals surface area contributed by atoms with Crippen molar-refractivity contribution >= 4 is 10.9 Å². The average Bonchev–Trinajstić information content (AvgIpc) is 2.70. The van der Waals surface area contributed by atoms with Gasteiger partial charge in [0.05, 0.1) is 5.52 Å². The Balaban J connectivity index is 1.43. The standard InChI is InChI=1S/C22H21N3O/c23-15-18-14-22(20-8-4-5-9-21(20)24-18)26-19-10-12-25(13-11-19)16-17-6-2-1-3-7-17/h1-9,14,19H,10-13,16H2. The van der Waals surface area contributed by atoms with Gasteiger partial charge in [-0.25, -0.2) is 4.98 Å². The van der Waals surface area contributed by atoms with E-state index in [-0.39, 0.29) is 6.10 Å². The van der Waals surface area contributed by atoms with Crippen LogP contribution in [0.15, 0.2) is 60.7 Å². The van der Waals surface area contributed by atoms with E-state index in [2.05, 4.69) is 46.3 Å². The second-order valence-corrected chi connectivity index (χ2v) is 6.71. The fourth-order valence-corrected chi connectivity index (χ4v) is 3.50. The summed E-state index contributed by atoms with van der Waals surface area (Å²) < 4.78 is 6.29. The molecule has 0 saturated carbocycles. The van der Waals surface area contributed by atoms with Crippen molar-refractivity contribution in [2.75, 3.05) is 13.1 Å². The first-order valence-corrected chi connectivity index (χ1v) is 9.04. The maximum atomic E-state index is 9.23. The van der Waals surface area contributed by atoms with Gasteiger partial charge in [-0.1, -0.05) is 42.5 Å². The minimum absolute atomic E-state index is 0.180. The Labute approximate surface area is 153 Å². The second kappa shape index (κ2) is 7.55. The molecule has 3 aromatic rings. The highest BCUT2D eigenvalue weighted by atomic mass is 16.5. The summed E-state index contributed by atoms with van der Waals surface area (Å²) in [6.07, 6.45) is 2.16. The fraction of sp³-hybridized carbons (Fsp3) is 0.273. The van der Waals surface area contributed by atoms with E-state index in [1.54, 1.807) is 6.07 Å². The number of nitriles is 1. The zero-order chi connectivity index (χ0) is 17.8. The first kappa shape index (κ1) is 16.6. The Bertz CT molecular complexity index is 925. The summed E-state index contributed by atoms with van der Waals surface area (Å²) in [6.45, 7) is 3.03. The van der Waals surface area contributed by atoms with Gasteiger partial charge in [0.25, 0.3) is 0 Å². The number of rotatable bonds is 4. The van der Waals surface area contributed by atoms with E-state index in [0.717, 1.165) is 49.1 Å². The van der Waals surface area contributed by atoms with Crippen LogP contribution in [0.4, 0.5) is 0 Å². The lowest BCUT2D eigenvalue weighted by Gasteiger charge is -2.32. The summed E-state index contributed by atoms with van der Waals surface area (Å²) in [4.78, 5) is 6.83. The number of hydrogen-bond donors (Lipinski definition) is 0. The smallest absolute Gasteiger partial charge is 0.144 e. The molecule has 130 valence electrons. The lowest BCUT2D eigenvalue weighted by molar-refractivity contribution is 0.0979. The van der Waals surface area contributed by atoms with Gasteiger partial charge in [-0.3, -0.25) is 4.90 Å². The van der Waals surface area contributed by atoms with Crippen LogP contribution in [0.3, 0.4) is 0 Å². The molecular formula is C22H21N3O. The molecular weight excluding hydrogens is 322 g/mol. The summed E-state index contributed by atoms with van der Waals surface area (Å²) in [5, 5.41) is 10.2. The van der Waals surface area contributed by atoms with E-state index in [0.29, 0.717) is 5.69 Å². The molecule has 0 spiro atoms. The molecule has 1 aliphatic heterocycles. The molecule has 0 N–H and O–H groups in total. The van der Waals surface area contributed by atoms with Crippen molar-refractivity contribution in [3.63, 3.8) is 0 Å². The van der Waals surface area contributed by atoms with Gasteiger partial charge in [-0.05, 0) is 30.5 Å². The second-order valence-electron chi connectivity index (χ2n) is 6.71. The van der Waals surface area contributed by atoms with Crippen molar-refractivity contribution in [1.82, 2.24) is 9.88 Å². The molecule has 1 fully saturated rings. The van der Waals surface area contributed by atoms with Gasteiger partial charge in [0, 0.05) is 31.1 Å². The zero-order valence-corrected chi connectivity index (χ0v) is 14.6. The molecule has 4 nitrogen and oxygen atoms in total. The largest absolute Gasteiger partial charge is 0.490 e. The number of fused-ring (bicyclic) bond motifs is 1. The van der Waals surface area contributed by atoms with Gasteiger partial charge in [0.1, 0.15) is 23.6 Å². The lowest BCUT2D eigenvalue weighted by atomic mass is 10.1. The minimum atomic E-state index is 0.180. The van der Waals surface area contributed by atoms with Gasteiger partial charge in [-0.15, -0.1) is 0 Å². The predicted octanol–water partition coefficient (Wildman–Crippen LogP) is 4.15. The highest BCUT2D eigenvalue weighted by Crippen LogP contribution is 2.28. The van der Waals surface area contributed by atoms with Crippen LogP contribution in [-0.2, 0) is 6.54 Å². The van der Waals surface area contributed by atoms with E-state index < -0.39 is 0 Å². The van der Waals surface area contributed by atoms with Crippen molar-refractivity contribution in [3.05, 3.63) is 71.9 Å². The summed E-state index contributed by atoms with van der Waals surface area (Å²) >= 11 is 0. The molecule has 1 saturated heterocycles. The van der Waals surface area contributed by atoms with E-state index in [1.807, 2.05) is 24.3 Å². The molecule has 0 amide bonds. The molecule has 1 aliphatic rings. The van der Waals surface area contributed by atoms with Crippen molar-refractivity contribution < 1.29 is 4.74 Å². The Morgan fingerprint density at radius 3 is 2.54 bits per heavy atom. The first-order chi connectivity index (χ1) is 12.8. The Hall–Kier alpha value is -2.90. The maximum absolute atomic E-state index is 9.23. The SMILES string of the molecule is N#Cc1cc(OC2CCN(Cc3ccccc3)CC2)c2ccccc2n1. The van der Waals surface area contributed by atoms with Gasteiger partial charge in [-0.2, -0.15) is 5.26 Å². The number of nitrogens with zero attached hydrogens (tertiary/aromatic N) is 3. The number of ether oxygens (including phenoxy) is 1.